The van der Waals surface area contributed by atoms with Crippen LogP contribution in [0, 0.1) is 0 Å². The van der Waals surface area contributed by atoms with Crippen LogP contribution in [0.1, 0.15) is 18.4 Å². The summed E-state index contributed by atoms with van der Waals surface area (Å²) in [6, 6.07) is 16.0. The van der Waals surface area contributed by atoms with Gasteiger partial charge in [-0.1, -0.05) is 30.3 Å². The number of piperazine rings is 1. The molecule has 2 aliphatic heterocycles. The lowest BCUT2D eigenvalue weighted by Crippen LogP contribution is -2.55. The molecule has 0 aliphatic carbocycles. The number of oxazole rings is 1. The maximum Gasteiger partial charge on any atom is 0.407 e. The summed E-state index contributed by atoms with van der Waals surface area (Å²) in [4.78, 5) is 20.1. The SMILES string of the molecule is O=C(O)N1C2CCC1CN(c1nc3c(OCc4ccccc4)ccc(-n4cccn4)c3o1)C2. The molecule has 9 heteroatoms. The number of aromatic nitrogens is 3. The zero-order valence-electron chi connectivity index (χ0n) is 17.9. The van der Waals surface area contributed by atoms with E-state index >= 15 is 0 Å². The standard InChI is InChI=1S/C24H23N5O4/c30-24(31)29-17-7-8-18(29)14-27(13-17)23-26-21-20(32-15-16-5-2-1-3-6-16)10-9-19(22(21)33-23)28-12-4-11-25-28/h1-6,9-12,17-18H,7-8,13-15H2,(H,30,31). The van der Waals surface area contributed by atoms with Crippen molar-refractivity contribution in [2.24, 2.45) is 0 Å². The van der Waals surface area contributed by atoms with Crippen LogP contribution < -0.4 is 9.64 Å². The number of carboxylic acid groups (broad SMARTS) is 1. The van der Waals surface area contributed by atoms with Crippen molar-refractivity contribution in [1.82, 2.24) is 19.7 Å². The van der Waals surface area contributed by atoms with E-state index in [2.05, 4.69) is 10.00 Å². The number of nitrogens with zero attached hydrogens (tertiary/aromatic N) is 5. The first-order valence-electron chi connectivity index (χ1n) is 11.0. The van der Waals surface area contributed by atoms with Crippen LogP contribution in [0.2, 0.25) is 0 Å². The molecule has 2 aliphatic rings. The maximum atomic E-state index is 11.7. The molecule has 6 rings (SSSR count). The zero-order chi connectivity index (χ0) is 22.4. The molecule has 2 aromatic carbocycles. The fourth-order valence-corrected chi connectivity index (χ4v) is 4.91. The van der Waals surface area contributed by atoms with Crippen molar-refractivity contribution in [3.63, 3.8) is 0 Å². The van der Waals surface area contributed by atoms with Gasteiger partial charge in [0.1, 0.15) is 18.0 Å². The number of benzene rings is 2. The number of fused-ring (bicyclic) bond motifs is 3. The Morgan fingerprint density at radius 3 is 2.58 bits per heavy atom. The second-order valence-corrected chi connectivity index (χ2v) is 8.46. The van der Waals surface area contributed by atoms with Crippen LogP contribution in [0.3, 0.4) is 0 Å². The highest BCUT2D eigenvalue weighted by atomic mass is 16.5. The Morgan fingerprint density at radius 2 is 1.88 bits per heavy atom. The summed E-state index contributed by atoms with van der Waals surface area (Å²) >= 11 is 0. The molecule has 2 bridgehead atoms. The summed E-state index contributed by atoms with van der Waals surface area (Å²) in [7, 11) is 0. The molecule has 2 aromatic heterocycles. The molecule has 9 nitrogen and oxygen atoms in total. The normalized spacial score (nSPS) is 19.9. The Kier molecular flexibility index (Phi) is 4.67. The summed E-state index contributed by atoms with van der Waals surface area (Å²) < 4.78 is 14.1. The third-order valence-corrected chi connectivity index (χ3v) is 6.44. The highest BCUT2D eigenvalue weighted by molar-refractivity contribution is 5.88. The summed E-state index contributed by atoms with van der Waals surface area (Å²) in [6.07, 6.45) is 4.44. The summed E-state index contributed by atoms with van der Waals surface area (Å²) in [5.74, 6) is 0.631. The van der Waals surface area contributed by atoms with Crippen molar-refractivity contribution in [3.8, 4) is 11.4 Å². The average Bonchev–Trinajstić information content (AvgIpc) is 3.56. The van der Waals surface area contributed by atoms with E-state index in [0.29, 0.717) is 42.6 Å². The van der Waals surface area contributed by atoms with Crippen LogP contribution in [0.5, 0.6) is 5.75 Å². The minimum Gasteiger partial charge on any atom is -0.486 e. The van der Waals surface area contributed by atoms with Gasteiger partial charge < -0.3 is 19.2 Å². The molecule has 4 aromatic rings. The van der Waals surface area contributed by atoms with E-state index in [9.17, 15) is 9.90 Å². The monoisotopic (exact) mass is 445 g/mol. The lowest BCUT2D eigenvalue weighted by Gasteiger charge is -2.38. The van der Waals surface area contributed by atoms with Gasteiger partial charge in [-0.05, 0) is 36.6 Å². The molecule has 2 atom stereocenters. The number of carbonyl (C=O) groups is 1. The van der Waals surface area contributed by atoms with Crippen LogP contribution in [0.4, 0.5) is 10.8 Å². The van der Waals surface area contributed by atoms with E-state index in [0.717, 1.165) is 24.1 Å². The fraction of sp³-hybridized carbons (Fsp3) is 0.292. The number of ether oxygens (including phenoxy) is 1. The van der Waals surface area contributed by atoms with Crippen molar-refractivity contribution < 1.29 is 19.1 Å². The molecular formula is C24H23N5O4. The van der Waals surface area contributed by atoms with E-state index in [-0.39, 0.29) is 12.1 Å². The Labute approximate surface area is 189 Å². The van der Waals surface area contributed by atoms with E-state index in [1.807, 2.05) is 54.7 Å². The molecule has 1 N–H and O–H groups in total. The maximum absolute atomic E-state index is 11.7. The number of hydrogen-bond donors (Lipinski definition) is 1. The topological polar surface area (TPSA) is 96.9 Å². The van der Waals surface area contributed by atoms with Crippen LogP contribution in [0.25, 0.3) is 16.8 Å². The minimum absolute atomic E-state index is 0.0457. The van der Waals surface area contributed by atoms with Gasteiger partial charge in [0.25, 0.3) is 6.01 Å². The Morgan fingerprint density at radius 1 is 1.09 bits per heavy atom. The smallest absolute Gasteiger partial charge is 0.407 e. The lowest BCUT2D eigenvalue weighted by atomic mass is 10.2. The Balaban J connectivity index is 1.36. The molecular weight excluding hydrogens is 422 g/mol. The van der Waals surface area contributed by atoms with Gasteiger partial charge in [-0.3, -0.25) is 4.90 Å². The van der Waals surface area contributed by atoms with Crippen molar-refractivity contribution >= 4 is 23.2 Å². The molecule has 0 spiro atoms. The van der Waals surface area contributed by atoms with Gasteiger partial charge in [0, 0.05) is 25.5 Å². The molecule has 33 heavy (non-hydrogen) atoms. The number of rotatable bonds is 5. The summed E-state index contributed by atoms with van der Waals surface area (Å²) in [6.45, 7) is 1.54. The molecule has 0 radical (unpaired) electrons. The van der Waals surface area contributed by atoms with E-state index in [1.165, 1.54) is 0 Å². The first-order valence-corrected chi connectivity index (χ1v) is 11.0. The van der Waals surface area contributed by atoms with Crippen molar-refractivity contribution in [1.29, 1.82) is 0 Å². The largest absolute Gasteiger partial charge is 0.486 e. The molecule has 0 saturated carbocycles. The lowest BCUT2D eigenvalue weighted by molar-refractivity contribution is 0.114. The number of anilines is 1. The van der Waals surface area contributed by atoms with Gasteiger partial charge in [0.2, 0.25) is 0 Å². The summed E-state index contributed by atoms with van der Waals surface area (Å²) in [5.41, 5.74) is 3.05. The predicted molar refractivity (Wildman–Crippen MR) is 121 cm³/mol. The van der Waals surface area contributed by atoms with E-state index < -0.39 is 6.09 Å². The van der Waals surface area contributed by atoms with Crippen LogP contribution in [-0.4, -0.2) is 56.0 Å². The third-order valence-electron chi connectivity index (χ3n) is 6.44. The second-order valence-electron chi connectivity index (χ2n) is 8.46. The third kappa shape index (κ3) is 3.45. The number of amides is 1. The van der Waals surface area contributed by atoms with Gasteiger partial charge >= 0.3 is 6.09 Å². The Hall–Kier alpha value is -4.01. The predicted octanol–water partition coefficient (Wildman–Crippen LogP) is 3.92. The average molecular weight is 445 g/mol. The molecule has 2 saturated heterocycles. The van der Waals surface area contributed by atoms with Gasteiger partial charge in [0.15, 0.2) is 11.1 Å². The van der Waals surface area contributed by atoms with E-state index in [1.54, 1.807) is 15.8 Å². The molecule has 2 unspecified atom stereocenters. The molecule has 2 fully saturated rings. The van der Waals surface area contributed by atoms with Gasteiger partial charge in [0.05, 0.1) is 12.1 Å². The van der Waals surface area contributed by atoms with Crippen LogP contribution in [0.15, 0.2) is 65.3 Å². The van der Waals surface area contributed by atoms with Gasteiger partial charge in [-0.25, -0.2) is 9.48 Å². The van der Waals surface area contributed by atoms with Gasteiger partial charge in [-0.2, -0.15) is 10.1 Å². The first kappa shape index (κ1) is 19.7. The number of hydrogen-bond acceptors (Lipinski definition) is 6. The van der Waals surface area contributed by atoms with Crippen LogP contribution >= 0.6 is 0 Å². The van der Waals surface area contributed by atoms with Crippen molar-refractivity contribution in [3.05, 3.63) is 66.5 Å². The zero-order valence-corrected chi connectivity index (χ0v) is 17.9. The van der Waals surface area contributed by atoms with Crippen LogP contribution in [-0.2, 0) is 6.61 Å². The highest BCUT2D eigenvalue weighted by Gasteiger charge is 2.44. The first-order chi connectivity index (χ1) is 16.2. The van der Waals surface area contributed by atoms with E-state index in [4.69, 9.17) is 14.1 Å². The van der Waals surface area contributed by atoms with Crippen molar-refractivity contribution in [2.45, 2.75) is 31.5 Å². The van der Waals surface area contributed by atoms with Gasteiger partial charge in [-0.15, -0.1) is 0 Å². The fourth-order valence-electron chi connectivity index (χ4n) is 4.91. The molecule has 4 heterocycles. The minimum atomic E-state index is -0.850. The highest BCUT2D eigenvalue weighted by Crippen LogP contribution is 2.37. The quantitative estimate of drug-likeness (QED) is 0.497. The molecule has 1 amide bonds. The molecule has 168 valence electrons. The second kappa shape index (κ2) is 7.84. The van der Waals surface area contributed by atoms with Crippen molar-refractivity contribution in [2.75, 3.05) is 18.0 Å². The summed E-state index contributed by atoms with van der Waals surface area (Å²) in [5, 5.41) is 13.9. The Bertz CT molecular complexity index is 1270.